The summed E-state index contributed by atoms with van der Waals surface area (Å²) < 4.78 is 77.6. The highest BCUT2D eigenvalue weighted by Gasteiger charge is 2.42. The summed E-state index contributed by atoms with van der Waals surface area (Å²) in [5, 5.41) is 9.41. The van der Waals surface area contributed by atoms with E-state index in [0.29, 0.717) is 24.0 Å². The molecule has 1 saturated heterocycles. The second kappa shape index (κ2) is 10.6. The summed E-state index contributed by atoms with van der Waals surface area (Å²) in [6.07, 6.45) is 1.46. The standard InChI is InChI=1S/C27H27F5N2O5/c28-21-8-16(18(14-3-4-14)10-20(21)24(35)34-7-1-2-22(34)25(36)37)12-38-17-9-19(15-5-6-15)23(33-11-17)39-13-27(31,32)26(29)30/h8-11,14-15,22,26H,1-7,12-13H2,(H,36,37)/t22-/m0/s1. The highest BCUT2D eigenvalue weighted by molar-refractivity contribution is 5.97. The van der Waals surface area contributed by atoms with Gasteiger partial charge in [0, 0.05) is 12.1 Å². The predicted molar refractivity (Wildman–Crippen MR) is 127 cm³/mol. The maximum Gasteiger partial charge on any atom is 0.340 e. The smallest absolute Gasteiger partial charge is 0.340 e. The third-order valence-electron chi connectivity index (χ3n) is 7.26. The molecule has 1 aliphatic heterocycles. The Morgan fingerprint density at radius 1 is 1.05 bits per heavy atom. The summed E-state index contributed by atoms with van der Waals surface area (Å²) in [5.74, 6) is -6.63. The fourth-order valence-electron chi connectivity index (χ4n) is 4.84. The van der Waals surface area contributed by atoms with Gasteiger partial charge in [-0.15, -0.1) is 0 Å². The van der Waals surface area contributed by atoms with Crippen molar-refractivity contribution in [2.45, 2.75) is 75.4 Å². The Morgan fingerprint density at radius 2 is 1.74 bits per heavy atom. The lowest BCUT2D eigenvalue weighted by atomic mass is 9.99. The van der Waals surface area contributed by atoms with Gasteiger partial charge in [-0.2, -0.15) is 8.78 Å². The first-order chi connectivity index (χ1) is 18.5. The minimum absolute atomic E-state index is 0.0128. The quantitative estimate of drug-likeness (QED) is 0.368. The van der Waals surface area contributed by atoms with E-state index in [4.69, 9.17) is 9.47 Å². The van der Waals surface area contributed by atoms with Gasteiger partial charge in [0.2, 0.25) is 5.88 Å². The molecule has 7 nitrogen and oxygen atoms in total. The van der Waals surface area contributed by atoms with Crippen molar-refractivity contribution in [1.29, 1.82) is 0 Å². The average Bonchev–Trinajstić information content (AvgIpc) is 3.84. The number of nitrogens with zero attached hydrogens (tertiary/aromatic N) is 2. The number of carboxylic acids is 1. The van der Waals surface area contributed by atoms with E-state index in [1.165, 1.54) is 23.2 Å². The van der Waals surface area contributed by atoms with Gasteiger partial charge in [-0.1, -0.05) is 0 Å². The van der Waals surface area contributed by atoms with Crippen molar-refractivity contribution in [1.82, 2.24) is 9.88 Å². The van der Waals surface area contributed by atoms with Gasteiger partial charge in [-0.3, -0.25) is 4.79 Å². The Kier molecular flexibility index (Phi) is 7.39. The summed E-state index contributed by atoms with van der Waals surface area (Å²) in [4.78, 5) is 29.8. The molecule has 39 heavy (non-hydrogen) atoms. The van der Waals surface area contributed by atoms with Gasteiger partial charge in [-0.25, -0.2) is 22.9 Å². The zero-order chi connectivity index (χ0) is 27.9. The van der Waals surface area contributed by atoms with Crippen LogP contribution in [0.2, 0.25) is 0 Å². The van der Waals surface area contributed by atoms with Gasteiger partial charge in [-0.05, 0) is 79.7 Å². The van der Waals surface area contributed by atoms with Crippen LogP contribution in [0.15, 0.2) is 24.4 Å². The first-order valence-electron chi connectivity index (χ1n) is 12.8. The van der Waals surface area contributed by atoms with Crippen LogP contribution in [0.3, 0.4) is 0 Å². The molecule has 1 aromatic heterocycles. The van der Waals surface area contributed by atoms with E-state index >= 15 is 4.39 Å². The van der Waals surface area contributed by atoms with Crippen molar-refractivity contribution in [2.24, 2.45) is 0 Å². The van der Waals surface area contributed by atoms with Gasteiger partial charge in [0.1, 0.15) is 24.2 Å². The number of amides is 1. The highest BCUT2D eigenvalue weighted by atomic mass is 19.3. The molecule has 5 rings (SSSR count). The number of carbonyl (C=O) groups excluding carboxylic acids is 1. The topological polar surface area (TPSA) is 89.0 Å². The van der Waals surface area contributed by atoms with Crippen molar-refractivity contribution in [3.63, 3.8) is 0 Å². The molecule has 0 radical (unpaired) electrons. The maximum absolute atomic E-state index is 15.1. The van der Waals surface area contributed by atoms with Crippen LogP contribution in [0.5, 0.6) is 11.6 Å². The summed E-state index contributed by atoms with van der Waals surface area (Å²) in [5.41, 5.74) is 1.57. The van der Waals surface area contributed by atoms with E-state index in [1.807, 2.05) is 0 Å². The number of likely N-dealkylation sites (tertiary alicyclic amines) is 1. The highest BCUT2D eigenvalue weighted by Crippen LogP contribution is 2.46. The number of ether oxygens (including phenoxy) is 2. The lowest BCUT2D eigenvalue weighted by Gasteiger charge is -2.22. The minimum Gasteiger partial charge on any atom is -0.487 e. The fraction of sp³-hybridized carbons (Fsp3) is 0.519. The van der Waals surface area contributed by atoms with Gasteiger partial charge in [0.05, 0.1) is 11.8 Å². The Hall–Kier alpha value is -3.44. The molecule has 0 bridgehead atoms. The lowest BCUT2D eigenvalue weighted by Crippen LogP contribution is -2.40. The number of aromatic nitrogens is 1. The molecule has 2 saturated carbocycles. The largest absolute Gasteiger partial charge is 0.487 e. The number of benzene rings is 1. The molecule has 210 valence electrons. The lowest BCUT2D eigenvalue weighted by molar-refractivity contribution is -0.148. The van der Waals surface area contributed by atoms with Crippen LogP contribution in [0.4, 0.5) is 22.0 Å². The molecule has 2 heterocycles. The third-order valence-corrected chi connectivity index (χ3v) is 7.26. The maximum atomic E-state index is 15.1. The van der Waals surface area contributed by atoms with E-state index in [0.717, 1.165) is 31.2 Å². The molecular weight excluding hydrogens is 527 g/mol. The summed E-state index contributed by atoms with van der Waals surface area (Å²) in [7, 11) is 0. The Morgan fingerprint density at radius 3 is 2.38 bits per heavy atom. The fourth-order valence-corrected chi connectivity index (χ4v) is 4.84. The summed E-state index contributed by atoms with van der Waals surface area (Å²) in [6.45, 7) is -1.32. The molecule has 1 aromatic carbocycles. The van der Waals surface area contributed by atoms with Crippen molar-refractivity contribution in [3.8, 4) is 11.6 Å². The molecule has 3 aliphatic rings. The van der Waals surface area contributed by atoms with Crippen LogP contribution >= 0.6 is 0 Å². The van der Waals surface area contributed by atoms with E-state index < -0.39 is 42.7 Å². The van der Waals surface area contributed by atoms with Crippen LogP contribution in [-0.4, -0.2) is 58.4 Å². The summed E-state index contributed by atoms with van der Waals surface area (Å²) in [6, 6.07) is 3.29. The molecule has 2 aromatic rings. The molecule has 2 aliphatic carbocycles. The number of rotatable bonds is 11. The van der Waals surface area contributed by atoms with Gasteiger partial charge >= 0.3 is 18.3 Å². The van der Waals surface area contributed by atoms with E-state index in [-0.39, 0.29) is 42.2 Å². The van der Waals surface area contributed by atoms with Crippen LogP contribution in [0, 0.1) is 5.82 Å². The number of alkyl halides is 4. The van der Waals surface area contributed by atoms with Crippen molar-refractivity contribution in [2.75, 3.05) is 13.2 Å². The molecule has 1 amide bonds. The number of aliphatic carboxylic acids is 1. The average molecular weight is 555 g/mol. The number of pyridine rings is 1. The Labute approximate surface area is 220 Å². The first-order valence-corrected chi connectivity index (χ1v) is 12.8. The van der Waals surface area contributed by atoms with Gasteiger partial charge in [0.15, 0.2) is 6.61 Å². The van der Waals surface area contributed by atoms with Crippen LogP contribution in [0.25, 0.3) is 0 Å². The van der Waals surface area contributed by atoms with E-state index in [1.54, 1.807) is 6.07 Å². The second-order valence-electron chi connectivity index (χ2n) is 10.3. The molecule has 0 spiro atoms. The molecule has 12 heteroatoms. The number of halogens is 5. The van der Waals surface area contributed by atoms with Crippen molar-refractivity contribution >= 4 is 11.9 Å². The van der Waals surface area contributed by atoms with Crippen molar-refractivity contribution < 1.29 is 46.1 Å². The molecule has 3 fully saturated rings. The van der Waals surface area contributed by atoms with E-state index in [9.17, 15) is 32.3 Å². The SMILES string of the molecule is O=C(O)[C@@H]1CCCN1C(=O)c1cc(C2CC2)c(COc2cnc(OCC(F)(F)C(F)F)c(C3CC3)c2)cc1F. The Bertz CT molecular complexity index is 1270. The van der Waals surface area contributed by atoms with Crippen LogP contribution < -0.4 is 9.47 Å². The number of hydrogen-bond acceptors (Lipinski definition) is 5. The first kappa shape index (κ1) is 27.1. The monoisotopic (exact) mass is 554 g/mol. The summed E-state index contributed by atoms with van der Waals surface area (Å²) >= 11 is 0. The minimum atomic E-state index is -4.31. The molecular formula is C27H27F5N2O5. The molecule has 1 atom stereocenters. The zero-order valence-corrected chi connectivity index (χ0v) is 20.8. The predicted octanol–water partition coefficient (Wildman–Crippen LogP) is 5.52. The second-order valence-corrected chi connectivity index (χ2v) is 10.3. The van der Waals surface area contributed by atoms with Gasteiger partial charge < -0.3 is 19.5 Å². The van der Waals surface area contributed by atoms with Gasteiger partial charge in [0.25, 0.3) is 5.91 Å². The van der Waals surface area contributed by atoms with Crippen LogP contribution in [-0.2, 0) is 11.4 Å². The number of carbonyl (C=O) groups is 2. The van der Waals surface area contributed by atoms with Crippen molar-refractivity contribution in [3.05, 3.63) is 52.5 Å². The molecule has 0 unspecified atom stereocenters. The van der Waals surface area contributed by atoms with Crippen LogP contribution in [0.1, 0.15) is 77.4 Å². The number of carboxylic acid groups (broad SMARTS) is 1. The normalized spacial score (nSPS) is 19.4. The van der Waals surface area contributed by atoms with E-state index in [2.05, 4.69) is 4.98 Å². The molecule has 1 N–H and O–H groups in total. The zero-order valence-electron chi connectivity index (χ0n) is 20.8. The number of hydrogen-bond donors (Lipinski definition) is 1. The Balaban J connectivity index is 1.32. The third kappa shape index (κ3) is 5.94.